The number of pyridine rings is 1. The molecule has 3 heterocycles. The highest BCUT2D eigenvalue weighted by atomic mass is 32.1. The lowest BCUT2D eigenvalue weighted by Crippen LogP contribution is -2.11. The van der Waals surface area contributed by atoms with E-state index in [1.165, 1.54) is 10.4 Å². The molecule has 0 amide bonds. The Bertz CT molecular complexity index is 986. The summed E-state index contributed by atoms with van der Waals surface area (Å²) in [6.07, 6.45) is 5.42. The van der Waals surface area contributed by atoms with Gasteiger partial charge in [-0.2, -0.15) is 0 Å². The number of hydrogen-bond donors (Lipinski definition) is 2. The smallest absolute Gasteiger partial charge is 0.227 e. The summed E-state index contributed by atoms with van der Waals surface area (Å²) < 4.78 is 0. The van der Waals surface area contributed by atoms with Crippen LogP contribution in [0.15, 0.2) is 79.3 Å². The van der Waals surface area contributed by atoms with Crippen molar-refractivity contribution in [2.75, 3.05) is 5.32 Å². The molecule has 0 aliphatic carbocycles. The van der Waals surface area contributed by atoms with E-state index in [0.717, 1.165) is 29.3 Å². The van der Waals surface area contributed by atoms with Crippen molar-refractivity contribution in [3.8, 4) is 10.6 Å². The van der Waals surface area contributed by atoms with Gasteiger partial charge in [0.2, 0.25) is 5.95 Å². The predicted molar refractivity (Wildman–Crippen MR) is 110 cm³/mol. The molecular formula is C21H19N5S. The monoisotopic (exact) mass is 373 g/mol. The third-order valence-corrected chi connectivity index (χ3v) is 5.09. The highest BCUT2D eigenvalue weighted by Gasteiger charge is 2.06. The summed E-state index contributed by atoms with van der Waals surface area (Å²) in [7, 11) is 0. The number of aromatic nitrogens is 3. The minimum Gasteiger partial charge on any atom is -0.324 e. The number of anilines is 2. The van der Waals surface area contributed by atoms with Gasteiger partial charge in [0.05, 0.1) is 10.6 Å². The zero-order valence-corrected chi connectivity index (χ0v) is 15.5. The van der Waals surface area contributed by atoms with Crippen molar-refractivity contribution >= 4 is 23.0 Å². The van der Waals surface area contributed by atoms with Crippen LogP contribution in [-0.2, 0) is 13.1 Å². The van der Waals surface area contributed by atoms with E-state index in [2.05, 4.69) is 37.7 Å². The largest absolute Gasteiger partial charge is 0.324 e. The molecule has 0 fully saturated rings. The van der Waals surface area contributed by atoms with Gasteiger partial charge in [0, 0.05) is 42.2 Å². The average Bonchev–Trinajstić information content (AvgIpc) is 3.19. The van der Waals surface area contributed by atoms with Crippen LogP contribution in [0.25, 0.3) is 10.6 Å². The van der Waals surface area contributed by atoms with Crippen LogP contribution in [0.2, 0.25) is 0 Å². The predicted octanol–water partition coefficient (Wildman–Crippen LogP) is 4.63. The van der Waals surface area contributed by atoms with Crippen molar-refractivity contribution in [1.82, 2.24) is 20.3 Å². The first-order valence-corrected chi connectivity index (χ1v) is 9.52. The van der Waals surface area contributed by atoms with Gasteiger partial charge in [-0.1, -0.05) is 18.2 Å². The first-order valence-electron chi connectivity index (χ1n) is 8.71. The summed E-state index contributed by atoms with van der Waals surface area (Å²) in [5.74, 6) is 0.601. The highest BCUT2D eigenvalue weighted by Crippen LogP contribution is 2.27. The van der Waals surface area contributed by atoms with Crippen molar-refractivity contribution in [3.05, 3.63) is 89.7 Å². The second kappa shape index (κ2) is 8.53. The van der Waals surface area contributed by atoms with E-state index in [1.807, 2.05) is 60.9 Å². The fourth-order valence-corrected chi connectivity index (χ4v) is 3.60. The van der Waals surface area contributed by atoms with Crippen molar-refractivity contribution in [2.45, 2.75) is 13.1 Å². The Hall–Kier alpha value is -3.09. The molecule has 27 heavy (non-hydrogen) atoms. The van der Waals surface area contributed by atoms with Gasteiger partial charge in [-0.15, -0.1) is 11.3 Å². The summed E-state index contributed by atoms with van der Waals surface area (Å²) in [6, 6.07) is 20.2. The molecule has 6 heteroatoms. The normalized spacial score (nSPS) is 10.7. The Labute approximate surface area is 162 Å². The molecule has 0 saturated heterocycles. The quantitative estimate of drug-likeness (QED) is 0.494. The zero-order valence-electron chi connectivity index (χ0n) is 14.7. The summed E-state index contributed by atoms with van der Waals surface area (Å²) in [6.45, 7) is 1.65. The molecule has 0 bridgehead atoms. The lowest BCUT2D eigenvalue weighted by molar-refractivity contribution is 0.700. The van der Waals surface area contributed by atoms with Crippen LogP contribution in [0.3, 0.4) is 0 Å². The van der Waals surface area contributed by atoms with Crippen LogP contribution in [0.4, 0.5) is 11.6 Å². The minimum atomic E-state index is 0.601. The second-order valence-corrected chi connectivity index (χ2v) is 7.15. The molecule has 0 unspecified atom stereocenters. The van der Waals surface area contributed by atoms with Gasteiger partial charge in [0.25, 0.3) is 0 Å². The molecule has 0 spiro atoms. The van der Waals surface area contributed by atoms with E-state index in [0.29, 0.717) is 5.95 Å². The average molecular weight is 373 g/mol. The van der Waals surface area contributed by atoms with Crippen LogP contribution in [0.1, 0.15) is 10.4 Å². The first-order chi connectivity index (χ1) is 13.4. The van der Waals surface area contributed by atoms with E-state index in [-0.39, 0.29) is 0 Å². The standard InChI is InChI=1S/C21H19N5S/c1-2-4-17(5-3-1)25-21-24-13-10-19(26-21)20-7-6-18(27-20)15-23-14-16-8-11-22-12-9-16/h1-13,23H,14-15H2,(H,24,25,26). The Balaban J connectivity index is 1.40. The molecule has 0 aliphatic rings. The van der Waals surface area contributed by atoms with Crippen LogP contribution >= 0.6 is 11.3 Å². The maximum Gasteiger partial charge on any atom is 0.227 e. The number of nitrogens with zero attached hydrogens (tertiary/aromatic N) is 3. The van der Waals surface area contributed by atoms with Crippen LogP contribution < -0.4 is 10.6 Å². The molecule has 0 aliphatic heterocycles. The van der Waals surface area contributed by atoms with Crippen molar-refractivity contribution < 1.29 is 0 Å². The summed E-state index contributed by atoms with van der Waals surface area (Å²) in [4.78, 5) is 15.4. The Morgan fingerprint density at radius 2 is 1.67 bits per heavy atom. The topological polar surface area (TPSA) is 62.7 Å². The van der Waals surface area contributed by atoms with Crippen molar-refractivity contribution in [1.29, 1.82) is 0 Å². The molecule has 2 N–H and O–H groups in total. The van der Waals surface area contributed by atoms with Gasteiger partial charge < -0.3 is 10.6 Å². The lowest BCUT2D eigenvalue weighted by Gasteiger charge is -2.05. The van der Waals surface area contributed by atoms with Gasteiger partial charge in [-0.05, 0) is 48.0 Å². The number of benzene rings is 1. The molecule has 4 aromatic rings. The summed E-state index contributed by atoms with van der Waals surface area (Å²) in [5, 5.41) is 6.70. The fraction of sp³-hybridized carbons (Fsp3) is 0.0952. The number of thiophene rings is 1. The van der Waals surface area contributed by atoms with Gasteiger partial charge in [0.15, 0.2) is 0 Å². The molecule has 0 saturated carbocycles. The number of rotatable bonds is 7. The lowest BCUT2D eigenvalue weighted by atomic mass is 10.3. The van der Waals surface area contributed by atoms with Gasteiger partial charge in [-0.25, -0.2) is 9.97 Å². The van der Waals surface area contributed by atoms with Gasteiger partial charge in [-0.3, -0.25) is 4.98 Å². The molecule has 0 atom stereocenters. The Morgan fingerprint density at radius 3 is 2.52 bits per heavy atom. The third kappa shape index (κ3) is 4.75. The van der Waals surface area contributed by atoms with E-state index in [1.54, 1.807) is 17.5 Å². The molecular weight excluding hydrogens is 354 g/mol. The first kappa shape index (κ1) is 17.3. The number of para-hydroxylation sites is 1. The van der Waals surface area contributed by atoms with E-state index in [4.69, 9.17) is 0 Å². The summed E-state index contributed by atoms with van der Waals surface area (Å²) >= 11 is 1.74. The molecule has 1 aromatic carbocycles. The molecule has 4 rings (SSSR count). The Kier molecular flexibility index (Phi) is 5.47. The maximum atomic E-state index is 4.64. The van der Waals surface area contributed by atoms with Crippen LogP contribution in [0, 0.1) is 0 Å². The third-order valence-electron chi connectivity index (χ3n) is 3.98. The molecule has 0 radical (unpaired) electrons. The zero-order chi connectivity index (χ0) is 18.3. The van der Waals surface area contributed by atoms with Crippen LogP contribution in [-0.4, -0.2) is 15.0 Å². The summed E-state index contributed by atoms with van der Waals surface area (Å²) in [5.41, 5.74) is 3.13. The van der Waals surface area contributed by atoms with Crippen molar-refractivity contribution in [3.63, 3.8) is 0 Å². The van der Waals surface area contributed by atoms with E-state index < -0.39 is 0 Å². The van der Waals surface area contributed by atoms with Crippen LogP contribution in [0.5, 0.6) is 0 Å². The van der Waals surface area contributed by atoms with E-state index in [9.17, 15) is 0 Å². The number of hydrogen-bond acceptors (Lipinski definition) is 6. The number of nitrogens with one attached hydrogen (secondary N) is 2. The minimum absolute atomic E-state index is 0.601. The maximum absolute atomic E-state index is 4.64. The van der Waals surface area contributed by atoms with Crippen molar-refractivity contribution in [2.24, 2.45) is 0 Å². The van der Waals surface area contributed by atoms with Gasteiger partial charge in [0.1, 0.15) is 0 Å². The second-order valence-electron chi connectivity index (χ2n) is 5.98. The van der Waals surface area contributed by atoms with E-state index >= 15 is 0 Å². The Morgan fingerprint density at radius 1 is 0.815 bits per heavy atom. The molecule has 134 valence electrons. The molecule has 5 nitrogen and oxygen atoms in total. The van der Waals surface area contributed by atoms with Gasteiger partial charge >= 0.3 is 0 Å². The highest BCUT2D eigenvalue weighted by molar-refractivity contribution is 7.15. The SMILES string of the molecule is c1ccc(Nc2nccc(-c3ccc(CNCc4ccncc4)s3)n2)cc1. The fourth-order valence-electron chi connectivity index (χ4n) is 2.65. The molecule has 3 aromatic heterocycles.